The molecule has 1 amide bonds. The number of nitriles is 1. The number of nitrogens with zero attached hydrogens (tertiary/aromatic N) is 5. The van der Waals surface area contributed by atoms with Crippen LogP contribution in [0, 0.1) is 21.4 Å². The second-order valence-electron chi connectivity index (χ2n) is 8.74. The standard InChI is InChI=1S/C29H26N6O6/c1-4-39-23-14-13-20(17-30)15-24(23)41-29-32-26(31-18-19-9-6-5-7-10-19)25(35(37)38)27(33-29)40-22-12-8-11-21(16-22)28(36)34(2)3/h5-16H,4,18H2,1-3H3,(H,31,32,33). The third-order valence-electron chi connectivity index (χ3n) is 5.59. The maximum Gasteiger partial charge on any atom is 0.373 e. The van der Waals surface area contributed by atoms with Crippen LogP contribution in [0.1, 0.15) is 28.4 Å². The summed E-state index contributed by atoms with van der Waals surface area (Å²) >= 11 is 0. The minimum atomic E-state index is -0.664. The van der Waals surface area contributed by atoms with Crippen molar-refractivity contribution in [1.82, 2.24) is 14.9 Å². The smallest absolute Gasteiger partial charge is 0.373 e. The molecule has 12 nitrogen and oxygen atoms in total. The fourth-order valence-electron chi connectivity index (χ4n) is 3.69. The largest absolute Gasteiger partial charge is 0.490 e. The van der Waals surface area contributed by atoms with Crippen LogP contribution >= 0.6 is 0 Å². The summed E-state index contributed by atoms with van der Waals surface area (Å²) in [6, 6.07) is 21.7. The Hall–Kier alpha value is -5.70. The van der Waals surface area contributed by atoms with Crippen molar-refractivity contribution in [3.05, 3.63) is 99.6 Å². The summed E-state index contributed by atoms with van der Waals surface area (Å²) in [4.78, 5) is 33.9. The maximum atomic E-state index is 12.5. The van der Waals surface area contributed by atoms with Crippen LogP contribution in [-0.4, -0.2) is 46.4 Å². The van der Waals surface area contributed by atoms with Crippen LogP contribution in [0.15, 0.2) is 72.8 Å². The van der Waals surface area contributed by atoms with Gasteiger partial charge in [0.2, 0.25) is 5.82 Å². The molecule has 208 valence electrons. The van der Waals surface area contributed by atoms with E-state index in [1.165, 1.54) is 17.0 Å². The summed E-state index contributed by atoms with van der Waals surface area (Å²) in [6.45, 7) is 2.32. The lowest BCUT2D eigenvalue weighted by Gasteiger charge is -2.14. The molecule has 0 fully saturated rings. The van der Waals surface area contributed by atoms with Gasteiger partial charge in [-0.3, -0.25) is 14.9 Å². The fraction of sp³-hybridized carbons (Fsp3) is 0.172. The van der Waals surface area contributed by atoms with E-state index in [2.05, 4.69) is 15.3 Å². The molecule has 4 aromatic rings. The maximum absolute atomic E-state index is 12.5. The van der Waals surface area contributed by atoms with Gasteiger partial charge in [0.05, 0.1) is 23.2 Å². The van der Waals surface area contributed by atoms with E-state index in [0.717, 1.165) is 5.56 Å². The average molecular weight is 555 g/mol. The Labute approximate surface area is 235 Å². The quantitative estimate of drug-likeness (QED) is 0.184. The molecule has 0 aliphatic carbocycles. The molecule has 4 rings (SSSR count). The zero-order valence-electron chi connectivity index (χ0n) is 22.5. The number of rotatable bonds is 11. The summed E-state index contributed by atoms with van der Waals surface area (Å²) in [5.74, 6) is -0.250. The first-order valence-electron chi connectivity index (χ1n) is 12.5. The first-order valence-corrected chi connectivity index (χ1v) is 12.5. The molecule has 0 saturated heterocycles. The van der Waals surface area contributed by atoms with Crippen LogP contribution in [0.25, 0.3) is 0 Å². The van der Waals surface area contributed by atoms with Crippen LogP contribution < -0.4 is 19.5 Å². The molecule has 1 N–H and O–H groups in total. The Balaban J connectivity index is 1.80. The summed E-state index contributed by atoms with van der Waals surface area (Å²) in [6.07, 6.45) is 0. The van der Waals surface area contributed by atoms with Gasteiger partial charge in [-0.1, -0.05) is 36.4 Å². The van der Waals surface area contributed by atoms with Gasteiger partial charge in [0.15, 0.2) is 11.5 Å². The molecule has 0 aliphatic rings. The van der Waals surface area contributed by atoms with Gasteiger partial charge in [-0.2, -0.15) is 15.2 Å². The number of benzene rings is 3. The van der Waals surface area contributed by atoms with E-state index in [4.69, 9.17) is 14.2 Å². The Morgan fingerprint density at radius 1 is 1.02 bits per heavy atom. The van der Waals surface area contributed by atoms with E-state index in [1.807, 2.05) is 36.4 Å². The van der Waals surface area contributed by atoms with Crippen LogP contribution in [0.5, 0.6) is 29.1 Å². The predicted octanol–water partition coefficient (Wildman–Crippen LogP) is 5.55. The second-order valence-corrected chi connectivity index (χ2v) is 8.74. The van der Waals surface area contributed by atoms with Crippen molar-refractivity contribution in [1.29, 1.82) is 5.26 Å². The molecule has 0 aliphatic heterocycles. The van der Waals surface area contributed by atoms with Crippen LogP contribution in [0.3, 0.4) is 0 Å². The number of hydrogen-bond donors (Lipinski definition) is 1. The number of ether oxygens (including phenoxy) is 3. The fourth-order valence-corrected chi connectivity index (χ4v) is 3.69. The number of nitro groups is 1. The highest BCUT2D eigenvalue weighted by Crippen LogP contribution is 2.39. The van der Waals surface area contributed by atoms with Crippen LogP contribution in [0.4, 0.5) is 11.5 Å². The molecule has 3 aromatic carbocycles. The molecule has 1 aromatic heterocycles. The van der Waals surface area contributed by atoms with E-state index in [9.17, 15) is 20.2 Å². The number of carbonyl (C=O) groups is 1. The molecule has 12 heteroatoms. The van der Waals surface area contributed by atoms with Gasteiger partial charge >= 0.3 is 17.6 Å². The molecule has 1 heterocycles. The lowest BCUT2D eigenvalue weighted by molar-refractivity contribution is -0.385. The zero-order valence-corrected chi connectivity index (χ0v) is 22.5. The van der Waals surface area contributed by atoms with Gasteiger partial charge in [-0.05, 0) is 42.8 Å². The minimum Gasteiger partial charge on any atom is -0.490 e. The molecule has 0 saturated carbocycles. The van der Waals surface area contributed by atoms with E-state index >= 15 is 0 Å². The van der Waals surface area contributed by atoms with Crippen molar-refractivity contribution < 1.29 is 23.9 Å². The van der Waals surface area contributed by atoms with E-state index < -0.39 is 16.5 Å². The van der Waals surface area contributed by atoms with Gasteiger partial charge in [-0.25, -0.2) is 0 Å². The Bertz CT molecular complexity index is 1600. The summed E-state index contributed by atoms with van der Waals surface area (Å²) in [5.41, 5.74) is 0.929. The monoisotopic (exact) mass is 554 g/mol. The first kappa shape index (κ1) is 28.3. The molecule has 0 atom stereocenters. The molecular formula is C29H26N6O6. The minimum absolute atomic E-state index is 0.137. The Morgan fingerprint density at radius 2 is 1.80 bits per heavy atom. The van der Waals surface area contributed by atoms with E-state index in [0.29, 0.717) is 23.5 Å². The molecule has 0 unspecified atom stereocenters. The van der Waals surface area contributed by atoms with Gasteiger partial charge in [0.1, 0.15) is 5.75 Å². The number of aromatic nitrogens is 2. The highest BCUT2D eigenvalue weighted by atomic mass is 16.6. The highest BCUT2D eigenvalue weighted by Gasteiger charge is 2.28. The van der Waals surface area contributed by atoms with Gasteiger partial charge in [0.25, 0.3) is 5.91 Å². The van der Waals surface area contributed by atoms with Crippen molar-refractivity contribution in [3.63, 3.8) is 0 Å². The predicted molar refractivity (Wildman–Crippen MR) is 149 cm³/mol. The van der Waals surface area contributed by atoms with Crippen molar-refractivity contribution >= 4 is 17.4 Å². The normalized spacial score (nSPS) is 10.3. The lowest BCUT2D eigenvalue weighted by Crippen LogP contribution is -2.21. The van der Waals surface area contributed by atoms with Crippen LogP contribution in [0.2, 0.25) is 0 Å². The van der Waals surface area contributed by atoms with Crippen LogP contribution in [-0.2, 0) is 6.54 Å². The van der Waals surface area contributed by atoms with Gasteiger partial charge < -0.3 is 24.4 Å². The zero-order chi connectivity index (χ0) is 29.4. The van der Waals surface area contributed by atoms with Crippen molar-refractivity contribution in [2.24, 2.45) is 0 Å². The van der Waals surface area contributed by atoms with Crippen molar-refractivity contribution in [2.45, 2.75) is 13.5 Å². The topological polar surface area (TPSA) is 153 Å². The number of amides is 1. The first-order chi connectivity index (χ1) is 19.8. The summed E-state index contributed by atoms with van der Waals surface area (Å²) in [5, 5.41) is 24.6. The number of hydrogen-bond acceptors (Lipinski definition) is 10. The molecule has 0 spiro atoms. The van der Waals surface area contributed by atoms with Crippen molar-refractivity contribution in [2.75, 3.05) is 26.0 Å². The SMILES string of the molecule is CCOc1ccc(C#N)cc1Oc1nc(NCc2ccccc2)c([N+](=O)[O-])c(Oc2cccc(C(=O)N(C)C)c2)n1. The van der Waals surface area contributed by atoms with Crippen molar-refractivity contribution in [3.8, 4) is 35.2 Å². The number of anilines is 1. The van der Waals surface area contributed by atoms with E-state index in [-0.39, 0.29) is 35.8 Å². The van der Waals surface area contributed by atoms with Gasteiger partial charge in [-0.15, -0.1) is 0 Å². The third-order valence-corrected chi connectivity index (χ3v) is 5.59. The lowest BCUT2D eigenvalue weighted by atomic mass is 10.2. The summed E-state index contributed by atoms with van der Waals surface area (Å²) < 4.78 is 17.4. The van der Waals surface area contributed by atoms with Gasteiger partial charge in [0, 0.05) is 32.3 Å². The highest BCUT2D eigenvalue weighted by molar-refractivity contribution is 5.94. The average Bonchev–Trinajstić information content (AvgIpc) is 2.97. The number of nitrogens with one attached hydrogen (secondary N) is 1. The Morgan fingerprint density at radius 3 is 2.49 bits per heavy atom. The Kier molecular flexibility index (Phi) is 8.91. The molecular weight excluding hydrogens is 528 g/mol. The number of carbonyl (C=O) groups excluding carboxylic acids is 1. The third kappa shape index (κ3) is 7.04. The second kappa shape index (κ2) is 12.9. The van der Waals surface area contributed by atoms with E-state index in [1.54, 1.807) is 51.4 Å². The molecule has 0 bridgehead atoms. The molecule has 41 heavy (non-hydrogen) atoms. The molecule has 0 radical (unpaired) electrons. The summed E-state index contributed by atoms with van der Waals surface area (Å²) in [7, 11) is 3.22.